The SMILES string of the molecule is CNC(COCc1ccccc1)c1nc2ccc(C)cc2[nH]1. The fraction of sp³-hybridized carbons (Fsp3) is 0.278. The normalized spacial score (nSPS) is 12.6. The first-order chi connectivity index (χ1) is 10.8. The van der Waals surface area contributed by atoms with E-state index >= 15 is 0 Å². The third kappa shape index (κ3) is 3.35. The Morgan fingerprint density at radius 2 is 2.00 bits per heavy atom. The number of ether oxygens (including phenoxy) is 1. The van der Waals surface area contributed by atoms with E-state index in [9.17, 15) is 0 Å². The molecule has 0 aliphatic heterocycles. The summed E-state index contributed by atoms with van der Waals surface area (Å²) in [6.07, 6.45) is 0. The summed E-state index contributed by atoms with van der Waals surface area (Å²) < 4.78 is 5.82. The lowest BCUT2D eigenvalue weighted by Gasteiger charge is -2.14. The molecule has 1 aromatic heterocycles. The summed E-state index contributed by atoms with van der Waals surface area (Å²) in [5.74, 6) is 0.913. The second-order valence-corrected chi connectivity index (χ2v) is 5.48. The molecule has 3 rings (SSSR count). The molecule has 0 spiro atoms. The fourth-order valence-corrected chi connectivity index (χ4v) is 2.48. The maximum atomic E-state index is 5.82. The number of aromatic nitrogens is 2. The van der Waals surface area contributed by atoms with Crippen molar-refractivity contribution in [3.05, 3.63) is 65.5 Å². The van der Waals surface area contributed by atoms with Crippen LogP contribution in [0.4, 0.5) is 0 Å². The molecule has 0 saturated heterocycles. The van der Waals surface area contributed by atoms with Gasteiger partial charge in [-0.1, -0.05) is 36.4 Å². The summed E-state index contributed by atoms with van der Waals surface area (Å²) in [5, 5.41) is 3.26. The van der Waals surface area contributed by atoms with Gasteiger partial charge >= 0.3 is 0 Å². The summed E-state index contributed by atoms with van der Waals surface area (Å²) in [7, 11) is 1.93. The van der Waals surface area contributed by atoms with Crippen molar-refractivity contribution in [1.82, 2.24) is 15.3 Å². The van der Waals surface area contributed by atoms with Gasteiger partial charge in [0.2, 0.25) is 0 Å². The van der Waals surface area contributed by atoms with Crippen molar-refractivity contribution in [3.63, 3.8) is 0 Å². The van der Waals surface area contributed by atoms with Gasteiger partial charge in [-0.25, -0.2) is 4.98 Å². The van der Waals surface area contributed by atoms with Crippen LogP contribution < -0.4 is 5.32 Å². The van der Waals surface area contributed by atoms with Gasteiger partial charge in [-0.2, -0.15) is 0 Å². The van der Waals surface area contributed by atoms with Crippen LogP contribution in [0.25, 0.3) is 11.0 Å². The van der Waals surface area contributed by atoms with Crippen LogP contribution in [0, 0.1) is 6.92 Å². The molecule has 4 nitrogen and oxygen atoms in total. The lowest BCUT2D eigenvalue weighted by atomic mass is 10.2. The van der Waals surface area contributed by atoms with Crippen molar-refractivity contribution in [2.75, 3.05) is 13.7 Å². The molecule has 3 aromatic rings. The Morgan fingerprint density at radius 3 is 2.77 bits per heavy atom. The van der Waals surface area contributed by atoms with Gasteiger partial charge in [-0.15, -0.1) is 0 Å². The third-order valence-electron chi connectivity index (χ3n) is 3.73. The quantitative estimate of drug-likeness (QED) is 0.733. The highest BCUT2D eigenvalue weighted by atomic mass is 16.5. The first-order valence-electron chi connectivity index (χ1n) is 7.51. The van der Waals surface area contributed by atoms with Gasteiger partial charge < -0.3 is 15.0 Å². The number of aryl methyl sites for hydroxylation is 1. The molecule has 1 atom stereocenters. The molecule has 4 heteroatoms. The molecule has 1 heterocycles. The lowest BCUT2D eigenvalue weighted by molar-refractivity contribution is 0.0988. The highest BCUT2D eigenvalue weighted by Gasteiger charge is 2.14. The Labute approximate surface area is 130 Å². The van der Waals surface area contributed by atoms with Crippen LogP contribution >= 0.6 is 0 Å². The van der Waals surface area contributed by atoms with Gasteiger partial charge in [0.1, 0.15) is 5.82 Å². The van der Waals surface area contributed by atoms with E-state index in [1.807, 2.05) is 31.3 Å². The van der Waals surface area contributed by atoms with Crippen molar-refractivity contribution in [2.24, 2.45) is 0 Å². The van der Waals surface area contributed by atoms with Gasteiger partial charge in [0.05, 0.1) is 30.3 Å². The topological polar surface area (TPSA) is 49.9 Å². The molecule has 0 fully saturated rings. The molecular formula is C18H21N3O. The smallest absolute Gasteiger partial charge is 0.126 e. The van der Waals surface area contributed by atoms with Crippen molar-refractivity contribution in [2.45, 2.75) is 19.6 Å². The van der Waals surface area contributed by atoms with E-state index in [1.54, 1.807) is 0 Å². The van der Waals surface area contributed by atoms with Crippen molar-refractivity contribution < 1.29 is 4.74 Å². The summed E-state index contributed by atoms with van der Waals surface area (Å²) in [5.41, 5.74) is 4.46. The average Bonchev–Trinajstić information content (AvgIpc) is 2.95. The molecule has 2 N–H and O–H groups in total. The maximum Gasteiger partial charge on any atom is 0.126 e. The number of fused-ring (bicyclic) bond motifs is 1. The Hall–Kier alpha value is -2.17. The number of nitrogens with zero attached hydrogens (tertiary/aromatic N) is 1. The number of nitrogens with one attached hydrogen (secondary N) is 2. The lowest BCUT2D eigenvalue weighted by Crippen LogP contribution is -2.23. The number of H-pyrrole nitrogens is 1. The number of rotatable bonds is 6. The van der Waals surface area contributed by atoms with Gasteiger partial charge in [-0.3, -0.25) is 0 Å². The number of imidazole rings is 1. The Morgan fingerprint density at radius 1 is 1.18 bits per heavy atom. The fourth-order valence-electron chi connectivity index (χ4n) is 2.48. The molecule has 114 valence electrons. The van der Waals surface area contributed by atoms with Crippen LogP contribution in [-0.2, 0) is 11.3 Å². The average molecular weight is 295 g/mol. The van der Waals surface area contributed by atoms with Crippen molar-refractivity contribution >= 4 is 11.0 Å². The monoisotopic (exact) mass is 295 g/mol. The van der Waals surface area contributed by atoms with Gasteiger partial charge in [0, 0.05) is 0 Å². The molecule has 0 aliphatic rings. The predicted molar refractivity (Wildman–Crippen MR) is 88.7 cm³/mol. The Balaban J connectivity index is 1.67. The van der Waals surface area contributed by atoms with E-state index in [0.717, 1.165) is 16.9 Å². The van der Waals surface area contributed by atoms with Crippen molar-refractivity contribution in [1.29, 1.82) is 0 Å². The first kappa shape index (κ1) is 14.8. The molecule has 0 aliphatic carbocycles. The second kappa shape index (κ2) is 6.73. The van der Waals surface area contributed by atoms with Gasteiger partial charge in [0.15, 0.2) is 0 Å². The number of likely N-dealkylation sites (N-methyl/N-ethyl adjacent to an activating group) is 1. The highest BCUT2D eigenvalue weighted by molar-refractivity contribution is 5.75. The van der Waals surface area contributed by atoms with Crippen LogP contribution in [0.1, 0.15) is 23.0 Å². The number of hydrogen-bond donors (Lipinski definition) is 2. The molecule has 1 unspecified atom stereocenters. The minimum Gasteiger partial charge on any atom is -0.375 e. The van der Waals surface area contributed by atoms with Gasteiger partial charge in [-0.05, 0) is 37.2 Å². The maximum absolute atomic E-state index is 5.82. The highest BCUT2D eigenvalue weighted by Crippen LogP contribution is 2.18. The summed E-state index contributed by atoms with van der Waals surface area (Å²) in [6, 6.07) is 16.5. The molecule has 0 bridgehead atoms. The Kier molecular flexibility index (Phi) is 4.51. The molecule has 2 aromatic carbocycles. The van der Waals surface area contributed by atoms with E-state index in [4.69, 9.17) is 4.74 Å². The number of benzene rings is 2. The van der Waals surface area contributed by atoms with E-state index in [0.29, 0.717) is 13.2 Å². The number of hydrogen-bond acceptors (Lipinski definition) is 3. The van der Waals surface area contributed by atoms with E-state index < -0.39 is 0 Å². The zero-order chi connectivity index (χ0) is 15.4. The van der Waals surface area contributed by atoms with E-state index in [-0.39, 0.29) is 6.04 Å². The summed E-state index contributed by atoms with van der Waals surface area (Å²) in [4.78, 5) is 8.04. The van der Waals surface area contributed by atoms with Gasteiger partial charge in [0.25, 0.3) is 0 Å². The van der Waals surface area contributed by atoms with Crippen molar-refractivity contribution in [3.8, 4) is 0 Å². The van der Waals surface area contributed by atoms with E-state index in [2.05, 4.69) is 46.5 Å². The summed E-state index contributed by atoms with van der Waals surface area (Å²) in [6.45, 7) is 3.26. The number of aromatic amines is 1. The van der Waals surface area contributed by atoms with Crippen LogP contribution in [0.5, 0.6) is 0 Å². The zero-order valence-electron chi connectivity index (χ0n) is 13.0. The standard InChI is InChI=1S/C18H21N3O/c1-13-8-9-15-16(10-13)21-18(20-15)17(19-2)12-22-11-14-6-4-3-5-7-14/h3-10,17,19H,11-12H2,1-2H3,(H,20,21). The minimum absolute atomic E-state index is 0.0522. The predicted octanol–water partition coefficient (Wildman–Crippen LogP) is 3.35. The van der Waals surface area contributed by atoms with Crippen LogP contribution in [-0.4, -0.2) is 23.6 Å². The summed E-state index contributed by atoms with van der Waals surface area (Å²) >= 11 is 0. The van der Waals surface area contributed by atoms with Crippen LogP contribution in [0.15, 0.2) is 48.5 Å². The first-order valence-corrected chi connectivity index (χ1v) is 7.51. The molecule has 22 heavy (non-hydrogen) atoms. The third-order valence-corrected chi connectivity index (χ3v) is 3.73. The zero-order valence-corrected chi connectivity index (χ0v) is 13.0. The Bertz CT molecular complexity index is 736. The van der Waals surface area contributed by atoms with E-state index in [1.165, 1.54) is 11.1 Å². The molecule has 0 saturated carbocycles. The molecule has 0 amide bonds. The van der Waals surface area contributed by atoms with Crippen LogP contribution in [0.3, 0.4) is 0 Å². The largest absolute Gasteiger partial charge is 0.375 e. The molecular weight excluding hydrogens is 274 g/mol. The second-order valence-electron chi connectivity index (χ2n) is 5.48. The minimum atomic E-state index is 0.0522. The molecule has 0 radical (unpaired) electrons. The van der Waals surface area contributed by atoms with Crippen LogP contribution in [0.2, 0.25) is 0 Å².